The minimum absolute atomic E-state index is 0.226. The number of carboxylic acid groups (broad SMARTS) is 1. The van der Waals surface area contributed by atoms with Gasteiger partial charge < -0.3 is 10.4 Å². The lowest BCUT2D eigenvalue weighted by molar-refractivity contribution is -0.142. The molecule has 1 aliphatic rings. The predicted octanol–water partition coefficient (Wildman–Crippen LogP) is 5.12. The van der Waals surface area contributed by atoms with Crippen LogP contribution in [0.2, 0.25) is 0 Å². The highest BCUT2D eigenvalue weighted by atomic mass is 16.4. The fourth-order valence-electron chi connectivity index (χ4n) is 4.08. The number of carbonyl (C=O) groups excluding carboxylic acids is 1. The summed E-state index contributed by atoms with van der Waals surface area (Å²) < 4.78 is 0. The summed E-state index contributed by atoms with van der Waals surface area (Å²) in [5.41, 5.74) is 4.01. The summed E-state index contributed by atoms with van der Waals surface area (Å²) in [6.45, 7) is 2.18. The standard InChI is InChI=1S/C24H29NO3/c1-2-3-4-5-6-7-16-21(24(27)28)25-23(26)22-19-14-10-8-12-17(19)18-13-9-11-15-20(18)22/h8-15,21-22H,2-7,16H2,1H3,(H,25,26)(H,27,28)/t21-/m0/s1. The van der Waals surface area contributed by atoms with Crippen LogP contribution in [0.4, 0.5) is 0 Å². The molecule has 0 fully saturated rings. The van der Waals surface area contributed by atoms with E-state index in [4.69, 9.17) is 0 Å². The van der Waals surface area contributed by atoms with Gasteiger partial charge in [0.25, 0.3) is 0 Å². The van der Waals surface area contributed by atoms with Gasteiger partial charge in [-0.2, -0.15) is 0 Å². The lowest BCUT2D eigenvalue weighted by Crippen LogP contribution is -2.43. The van der Waals surface area contributed by atoms with E-state index in [1.807, 2.05) is 48.5 Å². The molecule has 0 spiro atoms. The third-order valence-electron chi connectivity index (χ3n) is 5.56. The lowest BCUT2D eigenvalue weighted by Gasteiger charge is -2.19. The molecule has 2 aromatic rings. The van der Waals surface area contributed by atoms with Crippen molar-refractivity contribution in [2.45, 2.75) is 63.8 Å². The van der Waals surface area contributed by atoms with Gasteiger partial charge in [0.05, 0.1) is 5.92 Å². The molecule has 0 saturated heterocycles. The topological polar surface area (TPSA) is 66.4 Å². The molecule has 0 unspecified atom stereocenters. The normalized spacial score (nSPS) is 13.6. The molecule has 1 amide bonds. The Morgan fingerprint density at radius 1 is 0.893 bits per heavy atom. The molecule has 148 valence electrons. The van der Waals surface area contributed by atoms with Gasteiger partial charge in [0, 0.05) is 0 Å². The van der Waals surface area contributed by atoms with Crippen LogP contribution in [-0.2, 0) is 9.59 Å². The van der Waals surface area contributed by atoms with Crippen molar-refractivity contribution in [2.24, 2.45) is 0 Å². The van der Waals surface area contributed by atoms with E-state index in [1.54, 1.807) is 0 Å². The van der Waals surface area contributed by atoms with Crippen LogP contribution in [0.25, 0.3) is 11.1 Å². The van der Waals surface area contributed by atoms with E-state index in [1.165, 1.54) is 19.3 Å². The van der Waals surface area contributed by atoms with Crippen LogP contribution in [0.3, 0.4) is 0 Å². The number of amides is 1. The van der Waals surface area contributed by atoms with Crippen LogP contribution in [0.5, 0.6) is 0 Å². The molecule has 4 nitrogen and oxygen atoms in total. The van der Waals surface area contributed by atoms with E-state index in [0.29, 0.717) is 6.42 Å². The summed E-state index contributed by atoms with van der Waals surface area (Å²) in [6.07, 6.45) is 7.03. The third kappa shape index (κ3) is 4.44. The number of fused-ring (bicyclic) bond motifs is 3. The smallest absolute Gasteiger partial charge is 0.326 e. The number of carboxylic acids is 1. The second-order valence-corrected chi connectivity index (χ2v) is 7.56. The molecule has 3 rings (SSSR count). The van der Waals surface area contributed by atoms with Crippen molar-refractivity contribution in [1.29, 1.82) is 0 Å². The molecule has 0 aromatic heterocycles. The number of nitrogens with one attached hydrogen (secondary N) is 1. The van der Waals surface area contributed by atoms with Crippen LogP contribution in [0.15, 0.2) is 48.5 Å². The van der Waals surface area contributed by atoms with Crippen LogP contribution in [0.1, 0.15) is 68.9 Å². The van der Waals surface area contributed by atoms with Gasteiger partial charge in [0.15, 0.2) is 0 Å². The molecule has 4 heteroatoms. The molecule has 1 atom stereocenters. The highest BCUT2D eigenvalue weighted by Gasteiger charge is 2.35. The van der Waals surface area contributed by atoms with Crippen LogP contribution < -0.4 is 5.32 Å². The lowest BCUT2D eigenvalue weighted by atomic mass is 9.95. The monoisotopic (exact) mass is 379 g/mol. The zero-order valence-corrected chi connectivity index (χ0v) is 16.5. The number of benzene rings is 2. The highest BCUT2D eigenvalue weighted by molar-refractivity contribution is 5.97. The first-order chi connectivity index (χ1) is 13.6. The van der Waals surface area contributed by atoms with Crippen molar-refractivity contribution in [2.75, 3.05) is 0 Å². The molecule has 0 heterocycles. The molecule has 2 aromatic carbocycles. The fraction of sp³-hybridized carbons (Fsp3) is 0.417. The first-order valence-electron chi connectivity index (χ1n) is 10.3. The minimum atomic E-state index is -0.957. The summed E-state index contributed by atoms with van der Waals surface area (Å²) in [5, 5.41) is 12.4. The molecule has 0 bridgehead atoms. The summed E-state index contributed by atoms with van der Waals surface area (Å²) >= 11 is 0. The molecule has 0 aliphatic heterocycles. The Labute approximate surface area is 167 Å². The van der Waals surface area contributed by atoms with Crippen LogP contribution in [-0.4, -0.2) is 23.0 Å². The van der Waals surface area contributed by atoms with Gasteiger partial charge in [-0.05, 0) is 28.7 Å². The van der Waals surface area contributed by atoms with Gasteiger partial charge in [0.1, 0.15) is 6.04 Å². The Balaban J connectivity index is 1.68. The average molecular weight is 380 g/mol. The van der Waals surface area contributed by atoms with Crippen molar-refractivity contribution in [3.63, 3.8) is 0 Å². The summed E-state index contributed by atoms with van der Waals surface area (Å²) in [5.74, 6) is -1.63. The molecule has 0 saturated carbocycles. The SMILES string of the molecule is CCCCCCCC[C@H](NC(=O)C1c2ccccc2-c2ccccc21)C(=O)O. The summed E-state index contributed by atoms with van der Waals surface area (Å²) in [4.78, 5) is 24.8. The van der Waals surface area contributed by atoms with Crippen LogP contribution >= 0.6 is 0 Å². The molecular formula is C24H29NO3. The van der Waals surface area contributed by atoms with Crippen molar-refractivity contribution in [1.82, 2.24) is 5.32 Å². The Morgan fingerprint density at radius 2 is 1.43 bits per heavy atom. The van der Waals surface area contributed by atoms with Gasteiger partial charge >= 0.3 is 5.97 Å². The first kappa shape index (κ1) is 20.1. The van der Waals surface area contributed by atoms with Gasteiger partial charge in [0.2, 0.25) is 5.91 Å². The quantitative estimate of drug-likeness (QED) is 0.563. The number of carbonyl (C=O) groups is 2. The Kier molecular flexibility index (Phi) is 6.85. The van der Waals surface area contributed by atoms with E-state index in [0.717, 1.165) is 41.5 Å². The molecule has 28 heavy (non-hydrogen) atoms. The van der Waals surface area contributed by atoms with Gasteiger partial charge in [-0.1, -0.05) is 94.0 Å². The van der Waals surface area contributed by atoms with E-state index in [9.17, 15) is 14.7 Å². The fourth-order valence-corrected chi connectivity index (χ4v) is 4.08. The van der Waals surface area contributed by atoms with Gasteiger partial charge in [-0.15, -0.1) is 0 Å². The Bertz CT molecular complexity index is 785. The van der Waals surface area contributed by atoms with Crippen molar-refractivity contribution < 1.29 is 14.7 Å². The second kappa shape index (κ2) is 9.54. The van der Waals surface area contributed by atoms with Crippen molar-refractivity contribution >= 4 is 11.9 Å². The number of aliphatic carboxylic acids is 1. The summed E-state index contributed by atoms with van der Waals surface area (Å²) in [6, 6.07) is 14.9. The number of unbranched alkanes of at least 4 members (excludes halogenated alkanes) is 5. The summed E-state index contributed by atoms with van der Waals surface area (Å²) in [7, 11) is 0. The zero-order valence-electron chi connectivity index (χ0n) is 16.5. The zero-order chi connectivity index (χ0) is 19.9. The third-order valence-corrected chi connectivity index (χ3v) is 5.56. The highest BCUT2D eigenvalue weighted by Crippen LogP contribution is 2.44. The maximum absolute atomic E-state index is 13.1. The van der Waals surface area contributed by atoms with Crippen molar-refractivity contribution in [3.05, 3.63) is 59.7 Å². The second-order valence-electron chi connectivity index (χ2n) is 7.56. The van der Waals surface area contributed by atoms with Gasteiger partial charge in [-0.3, -0.25) is 4.79 Å². The van der Waals surface area contributed by atoms with Crippen LogP contribution in [0, 0.1) is 0 Å². The number of rotatable bonds is 10. The Morgan fingerprint density at radius 3 is 2.00 bits per heavy atom. The predicted molar refractivity (Wildman–Crippen MR) is 111 cm³/mol. The molecular weight excluding hydrogens is 350 g/mol. The van der Waals surface area contributed by atoms with E-state index in [2.05, 4.69) is 12.2 Å². The first-order valence-corrected chi connectivity index (χ1v) is 10.3. The average Bonchev–Trinajstić information content (AvgIpc) is 3.04. The van der Waals surface area contributed by atoms with E-state index in [-0.39, 0.29) is 5.91 Å². The maximum atomic E-state index is 13.1. The minimum Gasteiger partial charge on any atom is -0.480 e. The molecule has 2 N–H and O–H groups in total. The number of hydrogen-bond acceptors (Lipinski definition) is 2. The maximum Gasteiger partial charge on any atom is 0.326 e. The van der Waals surface area contributed by atoms with Crippen molar-refractivity contribution in [3.8, 4) is 11.1 Å². The number of hydrogen-bond donors (Lipinski definition) is 2. The van der Waals surface area contributed by atoms with E-state index >= 15 is 0 Å². The van der Waals surface area contributed by atoms with Gasteiger partial charge in [-0.25, -0.2) is 4.79 Å². The Hall–Kier alpha value is -2.62. The molecule has 0 radical (unpaired) electrons. The van der Waals surface area contributed by atoms with E-state index < -0.39 is 17.9 Å². The largest absolute Gasteiger partial charge is 0.480 e. The molecule has 1 aliphatic carbocycles.